The Morgan fingerprint density at radius 1 is 1.22 bits per heavy atom. The molecule has 1 aliphatic carbocycles. The number of piperazine rings is 1. The van der Waals surface area contributed by atoms with Crippen molar-refractivity contribution in [2.24, 2.45) is 0 Å². The van der Waals surface area contributed by atoms with Gasteiger partial charge in [0.25, 0.3) is 5.91 Å². The molecule has 3 rings (SSSR count). The predicted octanol–water partition coefficient (Wildman–Crippen LogP) is 1.87. The number of carbonyl (C=O) groups excluding carboxylic acids is 2. The summed E-state index contributed by atoms with van der Waals surface area (Å²) in [6.07, 6.45) is 2.21. The molecule has 0 aromatic heterocycles. The second-order valence-electron chi connectivity index (χ2n) is 6.30. The molecule has 2 fully saturated rings. The normalized spacial score (nSPS) is 20.2. The van der Waals surface area contributed by atoms with E-state index in [9.17, 15) is 9.59 Å². The number of halogens is 1. The maximum Gasteiger partial charge on any atom is 0.253 e. The van der Waals surface area contributed by atoms with Crippen LogP contribution in [0.15, 0.2) is 28.7 Å². The van der Waals surface area contributed by atoms with Gasteiger partial charge >= 0.3 is 0 Å². The van der Waals surface area contributed by atoms with Gasteiger partial charge in [0.15, 0.2) is 0 Å². The highest BCUT2D eigenvalue weighted by Crippen LogP contribution is 2.19. The summed E-state index contributed by atoms with van der Waals surface area (Å²) in [7, 11) is 0. The molecule has 1 saturated heterocycles. The third kappa shape index (κ3) is 4.12. The summed E-state index contributed by atoms with van der Waals surface area (Å²) < 4.78 is 0.910. The average molecular weight is 380 g/mol. The van der Waals surface area contributed by atoms with Crippen LogP contribution in [0.2, 0.25) is 0 Å². The summed E-state index contributed by atoms with van der Waals surface area (Å²) >= 11 is 3.40. The minimum absolute atomic E-state index is 0.0565. The largest absolute Gasteiger partial charge is 0.352 e. The van der Waals surface area contributed by atoms with Crippen LogP contribution in [0.25, 0.3) is 0 Å². The quantitative estimate of drug-likeness (QED) is 0.868. The van der Waals surface area contributed by atoms with Crippen molar-refractivity contribution in [3.05, 3.63) is 34.3 Å². The maximum atomic E-state index is 12.5. The summed E-state index contributed by atoms with van der Waals surface area (Å²) in [6, 6.07) is 7.74. The van der Waals surface area contributed by atoms with E-state index in [-0.39, 0.29) is 17.9 Å². The van der Waals surface area contributed by atoms with Crippen molar-refractivity contribution in [3.8, 4) is 0 Å². The van der Waals surface area contributed by atoms with E-state index in [2.05, 4.69) is 26.1 Å². The zero-order valence-electron chi connectivity index (χ0n) is 13.3. The first-order chi connectivity index (χ1) is 11.0. The van der Waals surface area contributed by atoms with Crippen LogP contribution < -0.4 is 5.32 Å². The molecule has 5 nitrogen and oxygen atoms in total. The van der Waals surface area contributed by atoms with Crippen molar-refractivity contribution in [2.45, 2.75) is 31.8 Å². The maximum absolute atomic E-state index is 12.5. The van der Waals surface area contributed by atoms with Crippen molar-refractivity contribution < 1.29 is 9.59 Å². The number of carbonyl (C=O) groups is 2. The number of benzene rings is 1. The van der Waals surface area contributed by atoms with Crippen LogP contribution >= 0.6 is 15.9 Å². The Morgan fingerprint density at radius 3 is 2.52 bits per heavy atom. The standard InChI is InChI=1S/C17H22BrN3O2/c1-12(16(22)19-15-5-6-15)20-7-9-21(10-8-20)17(23)13-3-2-4-14(18)11-13/h2-4,11-12,15H,5-10H2,1H3,(H,19,22). The topological polar surface area (TPSA) is 52.7 Å². The Kier molecular flexibility index (Phi) is 5.02. The molecule has 2 amide bonds. The zero-order chi connectivity index (χ0) is 16.4. The minimum Gasteiger partial charge on any atom is -0.352 e. The molecule has 1 aromatic rings. The fraction of sp³-hybridized carbons (Fsp3) is 0.529. The van der Waals surface area contributed by atoms with E-state index in [4.69, 9.17) is 0 Å². The van der Waals surface area contributed by atoms with Crippen LogP contribution in [0.1, 0.15) is 30.1 Å². The smallest absolute Gasteiger partial charge is 0.253 e. The number of hydrogen-bond donors (Lipinski definition) is 1. The molecule has 1 unspecified atom stereocenters. The Morgan fingerprint density at radius 2 is 1.91 bits per heavy atom. The van der Waals surface area contributed by atoms with Gasteiger partial charge in [-0.3, -0.25) is 14.5 Å². The first-order valence-electron chi connectivity index (χ1n) is 8.14. The van der Waals surface area contributed by atoms with Gasteiger partial charge < -0.3 is 10.2 Å². The Balaban J connectivity index is 1.53. The van der Waals surface area contributed by atoms with E-state index in [0.717, 1.165) is 30.4 Å². The summed E-state index contributed by atoms with van der Waals surface area (Å²) in [5.41, 5.74) is 0.701. The third-order valence-corrected chi connectivity index (χ3v) is 5.02. The van der Waals surface area contributed by atoms with Gasteiger partial charge in [0.05, 0.1) is 6.04 Å². The van der Waals surface area contributed by atoms with Crippen LogP contribution in [0.4, 0.5) is 0 Å². The van der Waals surface area contributed by atoms with E-state index in [1.165, 1.54) is 0 Å². The van der Waals surface area contributed by atoms with E-state index in [0.29, 0.717) is 24.7 Å². The fourth-order valence-corrected chi connectivity index (χ4v) is 3.23. The first kappa shape index (κ1) is 16.5. The Hall–Kier alpha value is -1.40. The van der Waals surface area contributed by atoms with E-state index < -0.39 is 0 Å². The van der Waals surface area contributed by atoms with E-state index in [1.54, 1.807) is 0 Å². The number of nitrogens with zero attached hydrogens (tertiary/aromatic N) is 2. The van der Waals surface area contributed by atoms with Gasteiger partial charge in [-0.15, -0.1) is 0 Å². The molecule has 1 aliphatic heterocycles. The molecule has 0 bridgehead atoms. The van der Waals surface area contributed by atoms with Gasteiger partial charge in [-0.2, -0.15) is 0 Å². The second kappa shape index (κ2) is 7.01. The molecular weight excluding hydrogens is 358 g/mol. The van der Waals surface area contributed by atoms with Crippen LogP contribution in [-0.2, 0) is 4.79 Å². The van der Waals surface area contributed by atoms with Crippen molar-refractivity contribution in [2.75, 3.05) is 26.2 Å². The summed E-state index contributed by atoms with van der Waals surface area (Å²) in [6.45, 7) is 4.74. The number of rotatable bonds is 4. The van der Waals surface area contributed by atoms with Gasteiger partial charge in [-0.05, 0) is 38.0 Å². The molecular formula is C17H22BrN3O2. The van der Waals surface area contributed by atoms with Crippen LogP contribution in [0.3, 0.4) is 0 Å². The number of nitrogens with one attached hydrogen (secondary N) is 1. The molecule has 0 spiro atoms. The van der Waals surface area contributed by atoms with Crippen molar-refractivity contribution >= 4 is 27.7 Å². The molecule has 1 aromatic carbocycles. The lowest BCUT2D eigenvalue weighted by Crippen LogP contribution is -2.55. The average Bonchev–Trinajstić information content (AvgIpc) is 3.37. The monoisotopic (exact) mass is 379 g/mol. The lowest BCUT2D eigenvalue weighted by Gasteiger charge is -2.37. The van der Waals surface area contributed by atoms with Gasteiger partial charge in [0.1, 0.15) is 0 Å². The van der Waals surface area contributed by atoms with Crippen LogP contribution in [0.5, 0.6) is 0 Å². The molecule has 124 valence electrons. The van der Waals surface area contributed by atoms with Gasteiger partial charge in [-0.1, -0.05) is 22.0 Å². The lowest BCUT2D eigenvalue weighted by atomic mass is 10.1. The third-order valence-electron chi connectivity index (χ3n) is 4.52. The second-order valence-corrected chi connectivity index (χ2v) is 7.21. The molecule has 1 saturated carbocycles. The van der Waals surface area contributed by atoms with Crippen molar-refractivity contribution in [1.82, 2.24) is 15.1 Å². The van der Waals surface area contributed by atoms with Gasteiger partial charge in [-0.25, -0.2) is 0 Å². The van der Waals surface area contributed by atoms with E-state index in [1.807, 2.05) is 36.1 Å². The molecule has 23 heavy (non-hydrogen) atoms. The molecule has 6 heteroatoms. The lowest BCUT2D eigenvalue weighted by molar-refractivity contribution is -0.126. The zero-order valence-corrected chi connectivity index (χ0v) is 14.9. The first-order valence-corrected chi connectivity index (χ1v) is 8.93. The molecule has 1 heterocycles. The fourth-order valence-electron chi connectivity index (χ4n) is 2.83. The Bertz CT molecular complexity index is 595. The highest BCUT2D eigenvalue weighted by Gasteiger charge is 2.31. The van der Waals surface area contributed by atoms with Crippen LogP contribution in [-0.4, -0.2) is 59.9 Å². The Labute approximate surface area is 145 Å². The highest BCUT2D eigenvalue weighted by molar-refractivity contribution is 9.10. The minimum atomic E-state index is -0.126. The number of hydrogen-bond acceptors (Lipinski definition) is 3. The van der Waals surface area contributed by atoms with Crippen LogP contribution in [0, 0.1) is 0 Å². The summed E-state index contributed by atoms with van der Waals surface area (Å²) in [5.74, 6) is 0.167. The van der Waals surface area contributed by atoms with Gasteiger partial charge in [0, 0.05) is 42.3 Å². The molecule has 1 atom stereocenters. The van der Waals surface area contributed by atoms with E-state index >= 15 is 0 Å². The molecule has 2 aliphatic rings. The highest BCUT2D eigenvalue weighted by atomic mass is 79.9. The number of amides is 2. The van der Waals surface area contributed by atoms with Gasteiger partial charge in [0.2, 0.25) is 5.91 Å². The summed E-state index contributed by atoms with van der Waals surface area (Å²) in [5, 5.41) is 3.05. The molecule has 1 N–H and O–H groups in total. The SMILES string of the molecule is CC(C(=O)NC1CC1)N1CCN(C(=O)c2cccc(Br)c2)CC1. The summed E-state index contributed by atoms with van der Waals surface area (Å²) in [4.78, 5) is 28.7. The van der Waals surface area contributed by atoms with Crippen molar-refractivity contribution in [1.29, 1.82) is 0 Å². The molecule has 0 radical (unpaired) electrons. The van der Waals surface area contributed by atoms with Crippen molar-refractivity contribution in [3.63, 3.8) is 0 Å². The predicted molar refractivity (Wildman–Crippen MR) is 92.2 cm³/mol.